The van der Waals surface area contributed by atoms with Gasteiger partial charge in [-0.1, -0.05) is 45.0 Å². The molecule has 0 unspecified atom stereocenters. The van der Waals surface area contributed by atoms with Crippen LogP contribution in [0.2, 0.25) is 0 Å². The first-order valence-corrected chi connectivity index (χ1v) is 9.07. The summed E-state index contributed by atoms with van der Waals surface area (Å²) in [6.45, 7) is 8.31. The number of likely N-dealkylation sites (tertiary alicyclic amines) is 1. The number of carbonyl (C=O) groups is 1. The molecule has 1 fully saturated rings. The van der Waals surface area contributed by atoms with E-state index in [4.69, 9.17) is 4.74 Å². The summed E-state index contributed by atoms with van der Waals surface area (Å²) in [6.07, 6.45) is 1.70. The third-order valence-electron chi connectivity index (χ3n) is 4.94. The molecule has 1 saturated heterocycles. The van der Waals surface area contributed by atoms with Crippen LogP contribution in [0.3, 0.4) is 0 Å². The lowest BCUT2D eigenvalue weighted by molar-refractivity contribution is -0.122. The molecule has 5 nitrogen and oxygen atoms in total. The Bertz CT molecular complexity index is 551. The van der Waals surface area contributed by atoms with Gasteiger partial charge in [0.15, 0.2) is 0 Å². The highest BCUT2D eigenvalue weighted by Gasteiger charge is 2.32. The molecule has 5 heteroatoms. The lowest BCUT2D eigenvalue weighted by Crippen LogP contribution is -2.41. The van der Waals surface area contributed by atoms with Crippen LogP contribution >= 0.6 is 0 Å². The van der Waals surface area contributed by atoms with Crippen LogP contribution in [0.25, 0.3) is 0 Å². The standard InChI is InChI=1S/C20H32N2O3/c1-20(2,3)16-7-5-15(6-8-16)9-10-21-19(24)13-22-12-18(25-4)11-17(22)14-23/h5-8,17-18,23H,9-14H2,1-4H3,(H,21,24)/t17-,18+/m0/s1. The number of nitrogens with zero attached hydrogens (tertiary/aromatic N) is 1. The van der Waals surface area contributed by atoms with Crippen molar-refractivity contribution in [2.75, 3.05) is 33.4 Å². The van der Waals surface area contributed by atoms with Gasteiger partial charge in [-0.2, -0.15) is 0 Å². The van der Waals surface area contributed by atoms with Gasteiger partial charge in [0.05, 0.1) is 19.3 Å². The van der Waals surface area contributed by atoms with Gasteiger partial charge in [0.2, 0.25) is 5.91 Å². The number of nitrogens with one attached hydrogen (secondary N) is 1. The minimum atomic E-state index is 0.00140. The van der Waals surface area contributed by atoms with Crippen LogP contribution in [0.15, 0.2) is 24.3 Å². The Morgan fingerprint density at radius 2 is 2.00 bits per heavy atom. The van der Waals surface area contributed by atoms with Crippen LogP contribution < -0.4 is 5.32 Å². The van der Waals surface area contributed by atoms with Gasteiger partial charge in [0.25, 0.3) is 0 Å². The highest BCUT2D eigenvalue weighted by atomic mass is 16.5. The van der Waals surface area contributed by atoms with Crippen molar-refractivity contribution in [3.05, 3.63) is 35.4 Å². The Labute approximate surface area is 151 Å². The molecule has 0 aromatic heterocycles. The van der Waals surface area contributed by atoms with E-state index in [2.05, 4.69) is 50.4 Å². The van der Waals surface area contributed by atoms with Crippen molar-refractivity contribution in [2.45, 2.75) is 51.2 Å². The maximum atomic E-state index is 12.2. The average Bonchev–Trinajstić information content (AvgIpc) is 2.96. The average molecular weight is 348 g/mol. The number of aliphatic hydroxyl groups is 1. The first-order chi connectivity index (χ1) is 11.8. The summed E-state index contributed by atoms with van der Waals surface area (Å²) < 4.78 is 5.34. The van der Waals surface area contributed by atoms with Crippen molar-refractivity contribution in [3.63, 3.8) is 0 Å². The zero-order valence-corrected chi connectivity index (χ0v) is 15.9. The molecule has 0 radical (unpaired) electrons. The Balaban J connectivity index is 1.75. The van der Waals surface area contributed by atoms with E-state index in [0.29, 0.717) is 19.6 Å². The van der Waals surface area contributed by atoms with Crippen molar-refractivity contribution < 1.29 is 14.6 Å². The highest BCUT2D eigenvalue weighted by molar-refractivity contribution is 5.78. The fourth-order valence-electron chi connectivity index (χ4n) is 3.25. The van der Waals surface area contributed by atoms with Gasteiger partial charge < -0.3 is 15.2 Å². The lowest BCUT2D eigenvalue weighted by atomic mass is 9.86. The third-order valence-corrected chi connectivity index (χ3v) is 4.94. The number of carbonyl (C=O) groups excluding carboxylic acids is 1. The predicted molar refractivity (Wildman–Crippen MR) is 99.7 cm³/mol. The molecule has 1 aromatic carbocycles. The van der Waals surface area contributed by atoms with E-state index in [-0.39, 0.29) is 30.1 Å². The van der Waals surface area contributed by atoms with Gasteiger partial charge in [-0.3, -0.25) is 9.69 Å². The van der Waals surface area contributed by atoms with E-state index < -0.39 is 0 Å². The second-order valence-corrected chi connectivity index (χ2v) is 7.91. The van der Waals surface area contributed by atoms with Crippen LogP contribution in [0.5, 0.6) is 0 Å². The molecular weight excluding hydrogens is 316 g/mol. The number of aliphatic hydroxyl groups excluding tert-OH is 1. The first kappa shape index (κ1) is 19.9. The molecule has 1 aliphatic heterocycles. The Hall–Kier alpha value is -1.43. The normalized spacial score (nSPS) is 21.5. The molecule has 140 valence electrons. The number of ether oxygens (including phenoxy) is 1. The summed E-state index contributed by atoms with van der Waals surface area (Å²) >= 11 is 0. The Kier molecular flexibility index (Phi) is 6.99. The van der Waals surface area contributed by atoms with Crippen LogP contribution in [-0.4, -0.2) is 61.4 Å². The molecule has 25 heavy (non-hydrogen) atoms. The zero-order chi connectivity index (χ0) is 18.4. The third kappa shape index (κ3) is 5.80. The fraction of sp³-hybridized carbons (Fsp3) is 0.650. The van der Waals surface area contributed by atoms with E-state index in [9.17, 15) is 9.90 Å². The highest BCUT2D eigenvalue weighted by Crippen LogP contribution is 2.22. The van der Waals surface area contributed by atoms with E-state index >= 15 is 0 Å². The molecule has 1 aliphatic rings. The molecule has 2 rings (SSSR count). The number of hydrogen-bond acceptors (Lipinski definition) is 4. The van der Waals surface area contributed by atoms with Gasteiger partial charge in [0, 0.05) is 26.2 Å². The summed E-state index contributed by atoms with van der Waals surface area (Å²) in [4.78, 5) is 14.2. The molecule has 2 atom stereocenters. The maximum absolute atomic E-state index is 12.2. The number of rotatable bonds is 7. The summed E-state index contributed by atoms with van der Waals surface area (Å²) in [7, 11) is 1.67. The summed E-state index contributed by atoms with van der Waals surface area (Å²) in [5, 5.41) is 12.4. The Morgan fingerprint density at radius 1 is 1.32 bits per heavy atom. The van der Waals surface area contributed by atoms with Crippen molar-refractivity contribution in [1.29, 1.82) is 0 Å². The smallest absolute Gasteiger partial charge is 0.234 e. The molecule has 1 heterocycles. The topological polar surface area (TPSA) is 61.8 Å². The minimum absolute atomic E-state index is 0.00140. The maximum Gasteiger partial charge on any atom is 0.234 e. The molecule has 2 N–H and O–H groups in total. The fourth-order valence-corrected chi connectivity index (χ4v) is 3.25. The van der Waals surface area contributed by atoms with Gasteiger partial charge in [-0.25, -0.2) is 0 Å². The Morgan fingerprint density at radius 3 is 2.56 bits per heavy atom. The van der Waals surface area contributed by atoms with Crippen molar-refractivity contribution in [3.8, 4) is 0 Å². The first-order valence-electron chi connectivity index (χ1n) is 9.07. The molecular formula is C20H32N2O3. The second kappa shape index (κ2) is 8.79. The number of amides is 1. The zero-order valence-electron chi connectivity index (χ0n) is 15.9. The monoisotopic (exact) mass is 348 g/mol. The minimum Gasteiger partial charge on any atom is -0.395 e. The molecule has 0 spiro atoms. The van der Waals surface area contributed by atoms with E-state index in [1.54, 1.807) is 7.11 Å². The second-order valence-electron chi connectivity index (χ2n) is 7.91. The molecule has 1 aromatic rings. The van der Waals surface area contributed by atoms with E-state index in [1.807, 2.05) is 4.90 Å². The van der Waals surface area contributed by atoms with Crippen LogP contribution in [-0.2, 0) is 21.4 Å². The van der Waals surface area contributed by atoms with E-state index in [1.165, 1.54) is 11.1 Å². The van der Waals surface area contributed by atoms with Crippen LogP contribution in [0, 0.1) is 0 Å². The van der Waals surface area contributed by atoms with Gasteiger partial charge in [-0.05, 0) is 29.4 Å². The molecule has 1 amide bonds. The van der Waals surface area contributed by atoms with Crippen molar-refractivity contribution >= 4 is 5.91 Å². The number of benzene rings is 1. The number of methoxy groups -OCH3 is 1. The quantitative estimate of drug-likeness (QED) is 0.788. The summed E-state index contributed by atoms with van der Waals surface area (Å²) in [5.41, 5.74) is 2.70. The van der Waals surface area contributed by atoms with Crippen molar-refractivity contribution in [2.24, 2.45) is 0 Å². The van der Waals surface area contributed by atoms with Crippen LogP contribution in [0.4, 0.5) is 0 Å². The molecule has 0 bridgehead atoms. The largest absolute Gasteiger partial charge is 0.395 e. The van der Waals surface area contributed by atoms with Gasteiger partial charge in [-0.15, -0.1) is 0 Å². The molecule has 0 aliphatic carbocycles. The van der Waals surface area contributed by atoms with Crippen molar-refractivity contribution in [1.82, 2.24) is 10.2 Å². The summed E-state index contributed by atoms with van der Waals surface area (Å²) in [6, 6.07) is 8.62. The van der Waals surface area contributed by atoms with Gasteiger partial charge >= 0.3 is 0 Å². The predicted octanol–water partition coefficient (Wildman–Crippen LogP) is 1.72. The molecule has 0 saturated carbocycles. The summed E-state index contributed by atoms with van der Waals surface area (Å²) in [5.74, 6) is 0.00140. The lowest BCUT2D eigenvalue weighted by Gasteiger charge is -2.21. The SMILES string of the molecule is CO[C@@H]1C[C@@H](CO)N(CC(=O)NCCc2ccc(C(C)(C)C)cc2)C1. The number of hydrogen-bond donors (Lipinski definition) is 2. The van der Waals surface area contributed by atoms with Gasteiger partial charge in [0.1, 0.15) is 0 Å². The van der Waals surface area contributed by atoms with E-state index in [0.717, 1.165) is 12.8 Å². The van der Waals surface area contributed by atoms with Crippen LogP contribution in [0.1, 0.15) is 38.3 Å².